The van der Waals surface area contributed by atoms with Crippen LogP contribution in [-0.2, 0) is 16.1 Å². The Morgan fingerprint density at radius 2 is 2.09 bits per heavy atom. The monoisotopic (exact) mass is 312 g/mol. The summed E-state index contributed by atoms with van der Waals surface area (Å²) in [6.45, 7) is 2.08. The summed E-state index contributed by atoms with van der Waals surface area (Å²) in [5.74, 6) is -0.586. The maximum Gasteiger partial charge on any atom is 0.267 e. The molecule has 2 amide bonds. The lowest BCUT2D eigenvalue weighted by Crippen LogP contribution is -2.37. The molecule has 1 aliphatic rings. The maximum atomic E-state index is 12.1. The van der Waals surface area contributed by atoms with Crippen LogP contribution in [0.15, 0.2) is 34.2 Å². The molecular weight excluding hydrogens is 296 g/mol. The van der Waals surface area contributed by atoms with Crippen LogP contribution in [-0.4, -0.2) is 22.5 Å². The summed E-state index contributed by atoms with van der Waals surface area (Å²) in [7, 11) is 0. The molecule has 3 N–H and O–H groups in total. The average molecular weight is 312 g/mol. The van der Waals surface area contributed by atoms with Crippen molar-refractivity contribution in [3.05, 3.63) is 45.7 Å². The second-order valence-electron chi connectivity index (χ2n) is 5.49. The Balaban J connectivity index is 1.76. The fourth-order valence-electron chi connectivity index (χ4n) is 2.42. The van der Waals surface area contributed by atoms with Crippen LogP contribution in [0, 0.1) is 6.92 Å². The van der Waals surface area contributed by atoms with Crippen LogP contribution in [0.25, 0.3) is 10.9 Å². The van der Waals surface area contributed by atoms with Crippen LogP contribution in [0.1, 0.15) is 24.0 Å². The lowest BCUT2D eigenvalue weighted by molar-refractivity contribution is -0.121. The van der Waals surface area contributed by atoms with Crippen LogP contribution in [0.5, 0.6) is 0 Å². The second kappa shape index (κ2) is 6.04. The van der Waals surface area contributed by atoms with Gasteiger partial charge in [0.2, 0.25) is 5.91 Å². The summed E-state index contributed by atoms with van der Waals surface area (Å²) < 4.78 is 0. The Morgan fingerprint density at radius 3 is 2.83 bits per heavy atom. The molecule has 0 atom stereocenters. The molecule has 2 aromatic rings. The number of rotatable bonds is 3. The highest BCUT2D eigenvalue weighted by Gasteiger charge is 2.18. The van der Waals surface area contributed by atoms with Crippen molar-refractivity contribution in [1.29, 1.82) is 0 Å². The number of hydrogen-bond donors (Lipinski definition) is 3. The van der Waals surface area contributed by atoms with Gasteiger partial charge in [0.25, 0.3) is 11.5 Å². The van der Waals surface area contributed by atoms with Crippen LogP contribution in [0.2, 0.25) is 0 Å². The molecule has 1 aliphatic heterocycles. The van der Waals surface area contributed by atoms with Gasteiger partial charge in [-0.1, -0.05) is 11.6 Å². The Hall–Kier alpha value is -2.96. The Kier molecular flexibility index (Phi) is 3.92. The third-order valence-corrected chi connectivity index (χ3v) is 3.68. The number of pyridine rings is 1. The number of carbonyl (C=O) groups excluding carboxylic acids is 2. The van der Waals surface area contributed by atoms with E-state index in [0.717, 1.165) is 16.5 Å². The van der Waals surface area contributed by atoms with E-state index >= 15 is 0 Å². The van der Waals surface area contributed by atoms with Crippen molar-refractivity contribution in [3.8, 4) is 0 Å². The molecule has 118 valence electrons. The standard InChI is InChI=1S/C16H16N4O3/c1-9-2-3-12-10(6-9)7-11(15(22)18-12)8-17-16(23)13-4-5-14(21)20-19-13/h2-3,6-7H,4-5,8H2,1H3,(H,17,23)(H,18,22)(H,20,21). The molecule has 0 unspecified atom stereocenters. The number of nitrogens with zero attached hydrogens (tertiary/aromatic N) is 1. The van der Waals surface area contributed by atoms with Crippen molar-refractivity contribution in [2.75, 3.05) is 0 Å². The zero-order valence-electron chi connectivity index (χ0n) is 12.6. The highest BCUT2D eigenvalue weighted by Crippen LogP contribution is 2.13. The van der Waals surface area contributed by atoms with Crippen molar-refractivity contribution in [2.24, 2.45) is 5.10 Å². The lowest BCUT2D eigenvalue weighted by atomic mass is 10.1. The van der Waals surface area contributed by atoms with E-state index in [2.05, 4.69) is 20.8 Å². The minimum absolute atomic E-state index is 0.102. The van der Waals surface area contributed by atoms with Crippen LogP contribution in [0.4, 0.5) is 0 Å². The first-order valence-corrected chi connectivity index (χ1v) is 7.29. The first kappa shape index (κ1) is 15.0. The smallest absolute Gasteiger partial charge is 0.267 e. The molecule has 0 fully saturated rings. The molecule has 0 saturated carbocycles. The normalized spacial score (nSPS) is 14.3. The Morgan fingerprint density at radius 1 is 1.26 bits per heavy atom. The molecule has 1 aromatic carbocycles. The van der Waals surface area contributed by atoms with Gasteiger partial charge >= 0.3 is 0 Å². The number of H-pyrrole nitrogens is 1. The number of aryl methyl sites for hydroxylation is 1. The van der Waals surface area contributed by atoms with E-state index < -0.39 is 0 Å². The molecule has 3 rings (SSSR count). The van der Waals surface area contributed by atoms with E-state index in [9.17, 15) is 14.4 Å². The number of nitrogens with one attached hydrogen (secondary N) is 3. The predicted molar refractivity (Wildman–Crippen MR) is 86.0 cm³/mol. The molecule has 7 heteroatoms. The third-order valence-electron chi connectivity index (χ3n) is 3.68. The van der Waals surface area contributed by atoms with Gasteiger partial charge in [-0.2, -0.15) is 5.10 Å². The highest BCUT2D eigenvalue weighted by molar-refractivity contribution is 6.39. The number of fused-ring (bicyclic) bond motifs is 1. The van der Waals surface area contributed by atoms with Gasteiger partial charge in [0.05, 0.1) is 0 Å². The van der Waals surface area contributed by atoms with E-state index in [4.69, 9.17) is 0 Å². The van der Waals surface area contributed by atoms with Crippen molar-refractivity contribution in [1.82, 2.24) is 15.7 Å². The van der Waals surface area contributed by atoms with E-state index in [1.807, 2.05) is 25.1 Å². The minimum Gasteiger partial charge on any atom is -0.347 e. The molecule has 0 radical (unpaired) electrons. The average Bonchev–Trinajstić information content (AvgIpc) is 2.53. The molecule has 0 spiro atoms. The van der Waals surface area contributed by atoms with Gasteiger partial charge in [-0.15, -0.1) is 0 Å². The molecule has 2 heterocycles. The number of aromatic nitrogens is 1. The molecule has 23 heavy (non-hydrogen) atoms. The molecule has 7 nitrogen and oxygen atoms in total. The van der Waals surface area contributed by atoms with Crippen LogP contribution in [0.3, 0.4) is 0 Å². The zero-order chi connectivity index (χ0) is 16.4. The topological polar surface area (TPSA) is 103 Å². The number of carbonyl (C=O) groups is 2. The van der Waals surface area contributed by atoms with Gasteiger partial charge in [-0.05, 0) is 30.5 Å². The third kappa shape index (κ3) is 3.28. The lowest BCUT2D eigenvalue weighted by Gasteiger charge is -2.12. The number of hydrogen-bond acceptors (Lipinski definition) is 4. The largest absolute Gasteiger partial charge is 0.347 e. The first-order chi connectivity index (χ1) is 11.0. The van der Waals surface area contributed by atoms with Gasteiger partial charge in [-0.25, -0.2) is 5.43 Å². The summed E-state index contributed by atoms with van der Waals surface area (Å²) in [5.41, 5.74) is 4.62. The van der Waals surface area contributed by atoms with Gasteiger partial charge in [-0.3, -0.25) is 14.4 Å². The molecule has 1 aromatic heterocycles. The summed E-state index contributed by atoms with van der Waals surface area (Å²) in [6.07, 6.45) is 0.535. The first-order valence-electron chi connectivity index (χ1n) is 7.29. The van der Waals surface area contributed by atoms with E-state index in [1.165, 1.54) is 0 Å². The summed E-state index contributed by atoms with van der Waals surface area (Å²) in [6, 6.07) is 7.52. The molecule has 0 aliphatic carbocycles. The Bertz CT molecular complexity index is 883. The summed E-state index contributed by atoms with van der Waals surface area (Å²) in [5, 5.41) is 7.30. The van der Waals surface area contributed by atoms with Crippen molar-refractivity contribution < 1.29 is 9.59 Å². The zero-order valence-corrected chi connectivity index (χ0v) is 12.6. The van der Waals surface area contributed by atoms with Crippen molar-refractivity contribution >= 4 is 28.4 Å². The molecule has 0 bridgehead atoms. The van der Waals surface area contributed by atoms with Gasteiger partial charge in [0, 0.05) is 30.5 Å². The highest BCUT2D eigenvalue weighted by atomic mass is 16.2. The number of benzene rings is 1. The van der Waals surface area contributed by atoms with Crippen LogP contribution < -0.4 is 16.3 Å². The van der Waals surface area contributed by atoms with Crippen LogP contribution >= 0.6 is 0 Å². The van der Waals surface area contributed by atoms with Crippen molar-refractivity contribution in [3.63, 3.8) is 0 Å². The number of amides is 2. The van der Waals surface area contributed by atoms with Gasteiger partial charge in [0.1, 0.15) is 5.71 Å². The number of hydrazone groups is 1. The van der Waals surface area contributed by atoms with Gasteiger partial charge < -0.3 is 10.3 Å². The quantitative estimate of drug-likeness (QED) is 0.778. The van der Waals surface area contributed by atoms with Gasteiger partial charge in [0.15, 0.2) is 0 Å². The SMILES string of the molecule is Cc1ccc2[nH]c(=O)c(CNC(=O)C3=NNC(=O)CC3)cc2c1. The Labute approximate surface area is 131 Å². The minimum atomic E-state index is -0.381. The van der Waals surface area contributed by atoms with E-state index in [1.54, 1.807) is 6.07 Å². The summed E-state index contributed by atoms with van der Waals surface area (Å²) in [4.78, 5) is 37.9. The molecule has 0 saturated heterocycles. The fourth-order valence-corrected chi connectivity index (χ4v) is 2.42. The van der Waals surface area contributed by atoms with E-state index in [-0.39, 0.29) is 36.1 Å². The molecular formula is C16H16N4O3. The fraction of sp³-hybridized carbons (Fsp3) is 0.250. The summed E-state index contributed by atoms with van der Waals surface area (Å²) >= 11 is 0. The predicted octanol–water partition coefficient (Wildman–Crippen LogP) is 0.719. The van der Waals surface area contributed by atoms with Crippen molar-refractivity contribution in [2.45, 2.75) is 26.3 Å². The maximum absolute atomic E-state index is 12.1. The van der Waals surface area contributed by atoms with E-state index in [0.29, 0.717) is 12.0 Å². The number of aromatic amines is 1. The second-order valence-corrected chi connectivity index (χ2v) is 5.49.